The topological polar surface area (TPSA) is 86.0 Å². The van der Waals surface area contributed by atoms with Crippen LogP contribution in [0.25, 0.3) is 5.65 Å². The number of benzene rings is 1. The Morgan fingerprint density at radius 3 is 2.79 bits per heavy atom. The molecule has 1 unspecified atom stereocenters. The molecule has 0 spiro atoms. The van der Waals surface area contributed by atoms with E-state index >= 15 is 0 Å². The lowest BCUT2D eigenvalue weighted by molar-refractivity contribution is -0.119. The minimum atomic E-state index is -1.19. The van der Waals surface area contributed by atoms with Crippen LogP contribution >= 0.6 is 11.6 Å². The molecule has 3 heterocycles. The molecule has 0 aliphatic carbocycles. The highest BCUT2D eigenvalue weighted by atomic mass is 35.5. The van der Waals surface area contributed by atoms with Crippen molar-refractivity contribution in [1.82, 2.24) is 19.7 Å². The van der Waals surface area contributed by atoms with Crippen LogP contribution < -0.4 is 15.1 Å². The summed E-state index contributed by atoms with van der Waals surface area (Å²) >= 11 is 5.62. The number of rotatable bonds is 3. The fourth-order valence-electron chi connectivity index (χ4n) is 3.19. The number of aromatic nitrogens is 3. The van der Waals surface area contributed by atoms with Gasteiger partial charge in [0.1, 0.15) is 16.9 Å². The highest BCUT2D eigenvalue weighted by Crippen LogP contribution is 2.30. The van der Waals surface area contributed by atoms with E-state index in [1.807, 2.05) is 0 Å². The van der Waals surface area contributed by atoms with Crippen LogP contribution in [0.1, 0.15) is 0 Å². The molecule has 28 heavy (non-hydrogen) atoms. The third-order valence-electron chi connectivity index (χ3n) is 4.62. The number of amides is 1. The molecule has 2 N–H and O–H groups in total. The molecule has 1 fully saturated rings. The van der Waals surface area contributed by atoms with Gasteiger partial charge in [0.2, 0.25) is 0 Å². The monoisotopic (exact) mass is 408 g/mol. The first-order valence-corrected chi connectivity index (χ1v) is 8.66. The molecule has 1 saturated heterocycles. The Hall–Kier alpha value is -2.82. The molecule has 0 bridgehead atoms. The molecule has 0 saturated carbocycles. The zero-order valence-electron chi connectivity index (χ0n) is 14.6. The SMILES string of the molecule is CN(C(=O)[C@@H]1CNC(O)N1c1nccn2ccnc12)c1ccc(F)c(Cl)c1F. The van der Waals surface area contributed by atoms with Gasteiger partial charge in [-0.3, -0.25) is 10.1 Å². The van der Waals surface area contributed by atoms with E-state index in [1.54, 1.807) is 23.0 Å². The van der Waals surface area contributed by atoms with E-state index in [1.165, 1.54) is 18.1 Å². The molecule has 2 atom stereocenters. The Kier molecular flexibility index (Phi) is 4.61. The van der Waals surface area contributed by atoms with Gasteiger partial charge in [0.05, 0.1) is 5.69 Å². The maximum absolute atomic E-state index is 14.4. The van der Waals surface area contributed by atoms with Crippen LogP contribution in [0, 0.1) is 11.6 Å². The van der Waals surface area contributed by atoms with Crippen molar-refractivity contribution in [3.63, 3.8) is 0 Å². The summed E-state index contributed by atoms with van der Waals surface area (Å²) < 4.78 is 29.5. The van der Waals surface area contributed by atoms with Gasteiger partial charge in [0.15, 0.2) is 23.6 Å². The highest BCUT2D eigenvalue weighted by molar-refractivity contribution is 6.31. The van der Waals surface area contributed by atoms with Gasteiger partial charge in [0.25, 0.3) is 5.91 Å². The van der Waals surface area contributed by atoms with Gasteiger partial charge in [0, 0.05) is 38.4 Å². The number of carbonyl (C=O) groups is 1. The molecule has 146 valence electrons. The van der Waals surface area contributed by atoms with E-state index in [4.69, 9.17) is 11.6 Å². The number of fused-ring (bicyclic) bond motifs is 1. The van der Waals surface area contributed by atoms with Gasteiger partial charge in [-0.25, -0.2) is 18.7 Å². The molecular formula is C17H15ClF2N6O2. The number of hydrogen-bond donors (Lipinski definition) is 2. The number of hydrogen-bond acceptors (Lipinski definition) is 6. The second-order valence-corrected chi connectivity index (χ2v) is 6.58. The number of halogens is 3. The first-order chi connectivity index (χ1) is 13.4. The molecule has 3 aromatic rings. The first-order valence-electron chi connectivity index (χ1n) is 8.28. The maximum atomic E-state index is 14.4. The van der Waals surface area contributed by atoms with Crippen molar-refractivity contribution in [2.75, 3.05) is 23.4 Å². The Morgan fingerprint density at radius 1 is 1.32 bits per heavy atom. The summed E-state index contributed by atoms with van der Waals surface area (Å²) in [6.45, 7) is 0.0876. The quantitative estimate of drug-likeness (QED) is 0.637. The zero-order chi connectivity index (χ0) is 20.0. The number of nitrogens with zero attached hydrogens (tertiary/aromatic N) is 5. The van der Waals surface area contributed by atoms with Crippen LogP contribution in [0.15, 0.2) is 36.9 Å². The lowest BCUT2D eigenvalue weighted by atomic mass is 10.2. The van der Waals surface area contributed by atoms with Crippen LogP contribution in [0.5, 0.6) is 0 Å². The van der Waals surface area contributed by atoms with Crippen molar-refractivity contribution in [3.8, 4) is 0 Å². The van der Waals surface area contributed by atoms with E-state index in [2.05, 4.69) is 15.3 Å². The number of imidazole rings is 1. The first kappa shape index (κ1) is 18.5. The molecule has 1 aromatic carbocycles. The van der Waals surface area contributed by atoms with Crippen molar-refractivity contribution < 1.29 is 18.7 Å². The Bertz CT molecular complexity index is 1060. The van der Waals surface area contributed by atoms with Crippen LogP contribution in [-0.4, -0.2) is 51.4 Å². The molecule has 0 radical (unpaired) electrons. The van der Waals surface area contributed by atoms with Gasteiger partial charge < -0.3 is 19.3 Å². The smallest absolute Gasteiger partial charge is 0.251 e. The Morgan fingerprint density at radius 2 is 2.04 bits per heavy atom. The summed E-state index contributed by atoms with van der Waals surface area (Å²) in [7, 11) is 1.35. The van der Waals surface area contributed by atoms with Crippen molar-refractivity contribution in [3.05, 3.63) is 53.6 Å². The number of anilines is 2. The summed E-state index contributed by atoms with van der Waals surface area (Å²) in [5.74, 6) is -2.21. The predicted octanol–water partition coefficient (Wildman–Crippen LogP) is 1.38. The van der Waals surface area contributed by atoms with E-state index in [0.29, 0.717) is 5.65 Å². The summed E-state index contributed by atoms with van der Waals surface area (Å²) in [5, 5.41) is 12.5. The van der Waals surface area contributed by atoms with Crippen LogP contribution in [0.3, 0.4) is 0 Å². The van der Waals surface area contributed by atoms with Crippen molar-refractivity contribution in [2.45, 2.75) is 12.4 Å². The van der Waals surface area contributed by atoms with Crippen LogP contribution in [0.2, 0.25) is 5.02 Å². The number of nitrogens with one attached hydrogen (secondary N) is 1. The minimum Gasteiger partial charge on any atom is -0.361 e. The largest absolute Gasteiger partial charge is 0.361 e. The fraction of sp³-hybridized carbons (Fsp3) is 0.235. The molecule has 2 aromatic heterocycles. The van der Waals surface area contributed by atoms with E-state index in [9.17, 15) is 18.7 Å². The third kappa shape index (κ3) is 2.86. The predicted molar refractivity (Wildman–Crippen MR) is 98.0 cm³/mol. The summed E-state index contributed by atoms with van der Waals surface area (Å²) in [4.78, 5) is 23.9. The van der Waals surface area contributed by atoms with Gasteiger partial charge in [-0.1, -0.05) is 11.6 Å². The molecule has 1 aliphatic rings. The van der Waals surface area contributed by atoms with E-state index in [0.717, 1.165) is 17.0 Å². The fourth-order valence-corrected chi connectivity index (χ4v) is 3.35. The Labute approximate surface area is 163 Å². The van der Waals surface area contributed by atoms with Gasteiger partial charge >= 0.3 is 0 Å². The standard InChI is InChI=1S/C17H15ClF2N6O2/c1-24(10-3-2-9(19)12(18)13(10)20)16(27)11-8-23-17(28)26(11)15-14-21-4-6-25(14)7-5-22-15/h2-7,11,17,23,28H,8H2,1H3/t11-,17?/m0/s1. The number of aliphatic hydroxyl groups is 1. The zero-order valence-corrected chi connectivity index (χ0v) is 15.3. The Balaban J connectivity index is 1.70. The normalized spacial score (nSPS) is 19.4. The molecule has 1 aliphatic heterocycles. The van der Waals surface area contributed by atoms with Crippen LogP contribution in [-0.2, 0) is 4.79 Å². The summed E-state index contributed by atoms with van der Waals surface area (Å²) in [6, 6.07) is 1.21. The van der Waals surface area contributed by atoms with Crippen molar-refractivity contribution >= 4 is 34.7 Å². The van der Waals surface area contributed by atoms with E-state index < -0.39 is 35.0 Å². The van der Waals surface area contributed by atoms with Gasteiger partial charge in [-0.05, 0) is 12.1 Å². The van der Waals surface area contributed by atoms with Crippen LogP contribution in [0.4, 0.5) is 20.3 Å². The number of aliphatic hydroxyl groups excluding tert-OH is 1. The molecule has 4 rings (SSSR count). The number of carbonyl (C=O) groups excluding carboxylic acids is 1. The average Bonchev–Trinajstić information content (AvgIpc) is 3.31. The van der Waals surface area contributed by atoms with Crippen molar-refractivity contribution in [2.24, 2.45) is 0 Å². The average molecular weight is 409 g/mol. The molecular weight excluding hydrogens is 394 g/mol. The van der Waals surface area contributed by atoms with Gasteiger partial charge in [-0.15, -0.1) is 0 Å². The minimum absolute atomic E-state index is 0.0876. The molecule has 1 amide bonds. The second kappa shape index (κ2) is 6.97. The van der Waals surface area contributed by atoms with Crippen molar-refractivity contribution in [1.29, 1.82) is 0 Å². The van der Waals surface area contributed by atoms with E-state index in [-0.39, 0.29) is 18.1 Å². The lowest BCUT2D eigenvalue weighted by Gasteiger charge is -2.29. The highest BCUT2D eigenvalue weighted by Gasteiger charge is 2.41. The van der Waals surface area contributed by atoms with Gasteiger partial charge in [-0.2, -0.15) is 0 Å². The lowest BCUT2D eigenvalue weighted by Crippen LogP contribution is -2.49. The number of likely N-dealkylation sites (N-methyl/N-ethyl adjacent to an activating group) is 1. The summed E-state index contributed by atoms with van der Waals surface area (Å²) in [5.41, 5.74) is 0.270. The maximum Gasteiger partial charge on any atom is 0.251 e. The third-order valence-corrected chi connectivity index (χ3v) is 4.97. The summed E-state index contributed by atoms with van der Waals surface area (Å²) in [6.07, 6.45) is 5.27. The molecule has 11 heteroatoms. The second-order valence-electron chi connectivity index (χ2n) is 6.21. The molecule has 8 nitrogen and oxygen atoms in total.